The van der Waals surface area contributed by atoms with E-state index in [1.165, 1.54) is 6.42 Å². The first-order chi connectivity index (χ1) is 12.4. The minimum absolute atomic E-state index is 0.0558. The number of aromatic nitrogens is 4. The molecule has 0 atom stereocenters. The summed E-state index contributed by atoms with van der Waals surface area (Å²) in [5, 5.41) is 4.28. The summed E-state index contributed by atoms with van der Waals surface area (Å²) >= 11 is 0. The number of nitrogens with one attached hydrogen (secondary N) is 1. The number of piperidine rings is 1. The molecular weight excluding hydrogens is 352 g/mol. The molecule has 0 saturated carbocycles. The molecule has 1 fully saturated rings. The Bertz CT molecular complexity index is 871. The van der Waals surface area contributed by atoms with E-state index in [4.69, 9.17) is 0 Å². The first-order valence-corrected chi connectivity index (χ1v) is 10.5. The molecule has 0 unspecified atom stereocenters. The first kappa shape index (κ1) is 18.8. The van der Waals surface area contributed by atoms with Gasteiger partial charge in [0.25, 0.3) is 0 Å². The number of rotatable bonds is 6. The molecule has 8 nitrogen and oxygen atoms in total. The van der Waals surface area contributed by atoms with Crippen LogP contribution in [0.4, 0.5) is 5.82 Å². The van der Waals surface area contributed by atoms with Crippen LogP contribution in [0.2, 0.25) is 0 Å². The molecule has 0 aromatic carbocycles. The molecule has 9 heteroatoms. The number of anilines is 1. The molecule has 2 aromatic heterocycles. The molecule has 2 aromatic rings. The molecule has 1 aliphatic rings. The van der Waals surface area contributed by atoms with Crippen LogP contribution in [0.5, 0.6) is 0 Å². The second-order valence-electron chi connectivity index (χ2n) is 6.52. The Balaban J connectivity index is 1.75. The van der Waals surface area contributed by atoms with Crippen LogP contribution < -0.4 is 9.62 Å². The minimum Gasteiger partial charge on any atom is -0.357 e. The molecule has 0 aliphatic carbocycles. The molecule has 3 rings (SSSR count). The van der Waals surface area contributed by atoms with Gasteiger partial charge >= 0.3 is 0 Å². The minimum atomic E-state index is -3.67. The smallest absolute Gasteiger partial charge is 0.244 e. The van der Waals surface area contributed by atoms with E-state index in [0.717, 1.165) is 31.7 Å². The van der Waals surface area contributed by atoms with Gasteiger partial charge in [-0.15, -0.1) is 0 Å². The van der Waals surface area contributed by atoms with E-state index in [2.05, 4.69) is 24.7 Å². The average molecular weight is 379 g/mol. The molecule has 26 heavy (non-hydrogen) atoms. The van der Waals surface area contributed by atoms with Crippen LogP contribution in [0.3, 0.4) is 0 Å². The Kier molecular flexibility index (Phi) is 5.57. The Morgan fingerprint density at radius 1 is 1.19 bits per heavy atom. The van der Waals surface area contributed by atoms with Crippen LogP contribution in [0, 0.1) is 13.8 Å². The van der Waals surface area contributed by atoms with Gasteiger partial charge in [0.15, 0.2) is 0 Å². The monoisotopic (exact) mass is 378 g/mol. The number of nitrogens with zero attached hydrogens (tertiary/aromatic N) is 5. The van der Waals surface area contributed by atoms with Crippen molar-refractivity contribution in [3.05, 3.63) is 29.5 Å². The van der Waals surface area contributed by atoms with Crippen molar-refractivity contribution in [2.75, 3.05) is 18.0 Å². The average Bonchev–Trinajstić information content (AvgIpc) is 2.95. The molecule has 0 spiro atoms. The number of aryl methyl sites for hydroxylation is 2. The maximum Gasteiger partial charge on any atom is 0.244 e. The fourth-order valence-electron chi connectivity index (χ4n) is 3.38. The maximum absolute atomic E-state index is 12.7. The van der Waals surface area contributed by atoms with Gasteiger partial charge in [-0.1, -0.05) is 0 Å². The number of sulfonamides is 1. The maximum atomic E-state index is 12.7. The zero-order valence-electron chi connectivity index (χ0n) is 15.6. The lowest BCUT2D eigenvalue weighted by Gasteiger charge is -2.27. The summed E-state index contributed by atoms with van der Waals surface area (Å²) in [5.74, 6) is 1.33. The van der Waals surface area contributed by atoms with Gasteiger partial charge in [0.2, 0.25) is 10.0 Å². The van der Waals surface area contributed by atoms with E-state index >= 15 is 0 Å². The van der Waals surface area contributed by atoms with Gasteiger partial charge in [0.05, 0.1) is 17.9 Å². The molecule has 3 heterocycles. The predicted molar refractivity (Wildman–Crippen MR) is 99.5 cm³/mol. The highest BCUT2D eigenvalue weighted by Crippen LogP contribution is 2.20. The molecule has 0 amide bonds. The third-order valence-electron chi connectivity index (χ3n) is 4.67. The highest BCUT2D eigenvalue weighted by atomic mass is 32.2. The van der Waals surface area contributed by atoms with Crippen molar-refractivity contribution < 1.29 is 8.42 Å². The fraction of sp³-hybridized carbons (Fsp3) is 0.588. The summed E-state index contributed by atoms with van der Waals surface area (Å²) in [5.41, 5.74) is 1.14. The van der Waals surface area contributed by atoms with Crippen LogP contribution in [0.25, 0.3) is 0 Å². The quantitative estimate of drug-likeness (QED) is 0.824. The van der Waals surface area contributed by atoms with Crippen molar-refractivity contribution in [1.29, 1.82) is 0 Å². The van der Waals surface area contributed by atoms with Crippen LogP contribution >= 0.6 is 0 Å². The van der Waals surface area contributed by atoms with Gasteiger partial charge in [-0.05, 0) is 46.1 Å². The lowest BCUT2D eigenvalue weighted by Crippen LogP contribution is -2.31. The SMILES string of the molecule is CCn1nc(C)c(S(=O)(=O)NCc2nccc(N3CCCCC3)n2)c1C. The van der Waals surface area contributed by atoms with Crippen molar-refractivity contribution in [1.82, 2.24) is 24.5 Å². The standard InChI is InChI=1S/C17H26N6O2S/c1-4-23-14(3)17(13(2)21-23)26(24,25)19-12-15-18-9-8-16(20-15)22-10-6-5-7-11-22/h8-9,19H,4-7,10-12H2,1-3H3. The Morgan fingerprint density at radius 2 is 1.92 bits per heavy atom. The summed E-state index contributed by atoms with van der Waals surface area (Å²) in [6.07, 6.45) is 5.25. The van der Waals surface area contributed by atoms with Crippen LogP contribution in [-0.2, 0) is 23.1 Å². The van der Waals surface area contributed by atoms with Crippen LogP contribution in [0.15, 0.2) is 17.2 Å². The second-order valence-corrected chi connectivity index (χ2v) is 8.22. The third kappa shape index (κ3) is 3.88. The molecule has 1 saturated heterocycles. The molecular formula is C17H26N6O2S. The van der Waals surface area contributed by atoms with E-state index < -0.39 is 10.0 Å². The van der Waals surface area contributed by atoms with E-state index in [-0.39, 0.29) is 11.4 Å². The highest BCUT2D eigenvalue weighted by molar-refractivity contribution is 7.89. The van der Waals surface area contributed by atoms with Crippen molar-refractivity contribution in [3.63, 3.8) is 0 Å². The summed E-state index contributed by atoms with van der Waals surface area (Å²) in [7, 11) is -3.67. The van der Waals surface area contributed by atoms with Crippen LogP contribution in [-0.4, -0.2) is 41.3 Å². The van der Waals surface area contributed by atoms with E-state index in [1.54, 1.807) is 24.7 Å². The van der Waals surface area contributed by atoms with Crippen molar-refractivity contribution in [3.8, 4) is 0 Å². The van der Waals surface area contributed by atoms with Gasteiger partial charge in [-0.2, -0.15) is 5.10 Å². The van der Waals surface area contributed by atoms with Gasteiger partial charge in [-0.3, -0.25) is 4.68 Å². The molecule has 0 bridgehead atoms. The number of hydrogen-bond donors (Lipinski definition) is 1. The number of hydrogen-bond acceptors (Lipinski definition) is 6. The molecule has 142 valence electrons. The summed E-state index contributed by atoms with van der Waals surface area (Å²) in [6.45, 7) is 8.06. The molecule has 1 N–H and O–H groups in total. The molecule has 0 radical (unpaired) electrons. The van der Waals surface area contributed by atoms with E-state index in [9.17, 15) is 8.42 Å². The Morgan fingerprint density at radius 3 is 2.58 bits per heavy atom. The topological polar surface area (TPSA) is 93.0 Å². The summed E-state index contributed by atoms with van der Waals surface area (Å²) in [6, 6.07) is 1.88. The second kappa shape index (κ2) is 7.71. The largest absolute Gasteiger partial charge is 0.357 e. The predicted octanol–water partition coefficient (Wildman–Crippen LogP) is 1.78. The zero-order chi connectivity index (χ0) is 18.7. The van der Waals surface area contributed by atoms with Gasteiger partial charge in [0.1, 0.15) is 16.5 Å². The van der Waals surface area contributed by atoms with Crippen molar-refractivity contribution in [2.45, 2.75) is 58.0 Å². The lowest BCUT2D eigenvalue weighted by atomic mass is 10.1. The highest BCUT2D eigenvalue weighted by Gasteiger charge is 2.24. The van der Waals surface area contributed by atoms with E-state index in [1.807, 2.05) is 13.0 Å². The zero-order valence-corrected chi connectivity index (χ0v) is 16.4. The van der Waals surface area contributed by atoms with Gasteiger partial charge in [0, 0.05) is 25.8 Å². The fourth-order valence-corrected chi connectivity index (χ4v) is 4.77. The van der Waals surface area contributed by atoms with Gasteiger partial charge < -0.3 is 4.90 Å². The molecule has 1 aliphatic heterocycles. The normalized spacial score (nSPS) is 15.4. The Hall–Kier alpha value is -2.00. The lowest BCUT2D eigenvalue weighted by molar-refractivity contribution is 0.569. The van der Waals surface area contributed by atoms with Crippen molar-refractivity contribution >= 4 is 15.8 Å². The van der Waals surface area contributed by atoms with Gasteiger partial charge in [-0.25, -0.2) is 23.1 Å². The first-order valence-electron chi connectivity index (χ1n) is 9.03. The van der Waals surface area contributed by atoms with Crippen molar-refractivity contribution in [2.24, 2.45) is 0 Å². The summed E-state index contributed by atoms with van der Waals surface area (Å²) < 4.78 is 29.8. The summed E-state index contributed by atoms with van der Waals surface area (Å²) in [4.78, 5) is 11.2. The van der Waals surface area contributed by atoms with E-state index in [0.29, 0.717) is 23.8 Å². The van der Waals surface area contributed by atoms with Crippen LogP contribution in [0.1, 0.15) is 43.4 Å². The Labute approximate surface area is 154 Å². The third-order valence-corrected chi connectivity index (χ3v) is 6.33.